The third-order valence-corrected chi connectivity index (χ3v) is 17.8. The Morgan fingerprint density at radius 2 is 0.580 bits per heavy atom. The van der Waals surface area contributed by atoms with E-state index in [0.717, 1.165) is 38.5 Å². The molecule has 0 aromatic rings. The SMILES string of the molecule is CCCCCCCC/C=C\CCCCCCCCCCCC(=O)OCCCCCCCCCCCCCCCCCCCCCCCCCCC(=O)NC(CO)C(O)CCCCCCCCCCCCCCCCCCCCCCC. The van der Waals surface area contributed by atoms with E-state index in [1.807, 2.05) is 0 Å². The quantitative estimate of drug-likeness (QED) is 0.0320. The van der Waals surface area contributed by atoms with Crippen LogP contribution in [0.3, 0.4) is 0 Å². The number of nitrogens with one attached hydrogen (secondary N) is 1. The monoisotopic (exact) mass is 1140 g/mol. The lowest BCUT2D eigenvalue weighted by Gasteiger charge is -2.22. The summed E-state index contributed by atoms with van der Waals surface area (Å²) in [5, 5.41) is 23.4. The van der Waals surface area contributed by atoms with Gasteiger partial charge in [-0.2, -0.15) is 0 Å². The van der Waals surface area contributed by atoms with Crippen LogP contribution in [0.25, 0.3) is 0 Å². The van der Waals surface area contributed by atoms with Crippen LogP contribution in [0.15, 0.2) is 12.2 Å². The van der Waals surface area contributed by atoms with Crippen LogP contribution in [0.2, 0.25) is 0 Å². The lowest BCUT2D eigenvalue weighted by Crippen LogP contribution is -2.45. The summed E-state index contributed by atoms with van der Waals surface area (Å²) in [5.41, 5.74) is 0. The zero-order valence-electron chi connectivity index (χ0n) is 55.3. The predicted octanol–water partition coefficient (Wildman–Crippen LogP) is 24.3. The highest BCUT2D eigenvalue weighted by atomic mass is 16.5. The number of hydrogen-bond donors (Lipinski definition) is 3. The number of unbranched alkanes of at least 4 members (excludes halogenated alkanes) is 58. The number of amides is 1. The number of carbonyl (C=O) groups excluding carboxylic acids is 2. The van der Waals surface area contributed by atoms with Gasteiger partial charge in [-0.15, -0.1) is 0 Å². The van der Waals surface area contributed by atoms with Crippen LogP contribution in [0.1, 0.15) is 431 Å². The van der Waals surface area contributed by atoms with Gasteiger partial charge in [-0.1, -0.05) is 379 Å². The van der Waals surface area contributed by atoms with Crippen molar-refractivity contribution in [3.63, 3.8) is 0 Å². The van der Waals surface area contributed by atoms with Crippen molar-refractivity contribution in [1.29, 1.82) is 0 Å². The molecule has 1 amide bonds. The van der Waals surface area contributed by atoms with Gasteiger partial charge in [0.1, 0.15) is 0 Å². The predicted molar refractivity (Wildman–Crippen MR) is 357 cm³/mol. The minimum absolute atomic E-state index is 0.0165. The fourth-order valence-corrected chi connectivity index (χ4v) is 12.1. The van der Waals surface area contributed by atoms with Crippen LogP contribution in [0.5, 0.6) is 0 Å². The van der Waals surface area contributed by atoms with Gasteiger partial charge in [-0.3, -0.25) is 9.59 Å². The molecule has 0 aromatic heterocycles. The third-order valence-electron chi connectivity index (χ3n) is 17.8. The minimum Gasteiger partial charge on any atom is -0.466 e. The minimum atomic E-state index is -0.664. The van der Waals surface area contributed by atoms with Crippen molar-refractivity contribution < 1.29 is 24.5 Å². The lowest BCUT2D eigenvalue weighted by molar-refractivity contribution is -0.143. The maximum absolute atomic E-state index is 12.6. The Bertz CT molecular complexity index is 1220. The molecule has 0 aromatic carbocycles. The van der Waals surface area contributed by atoms with Crippen LogP contribution in [0, 0.1) is 0 Å². The average molecular weight is 1140 g/mol. The average Bonchev–Trinajstić information content (AvgIpc) is 3.47. The Balaban J connectivity index is 3.35. The molecule has 0 aliphatic rings. The summed E-state index contributed by atoms with van der Waals surface area (Å²) < 4.78 is 5.51. The fourth-order valence-electron chi connectivity index (χ4n) is 12.1. The largest absolute Gasteiger partial charge is 0.466 e. The summed E-state index contributed by atoms with van der Waals surface area (Å²) in [4.78, 5) is 24.7. The number of allylic oxidation sites excluding steroid dienone is 2. The first-order valence-corrected chi connectivity index (χ1v) is 37.4. The fraction of sp³-hybridized carbons (Fsp3) is 0.947. The van der Waals surface area contributed by atoms with Crippen molar-refractivity contribution in [3.8, 4) is 0 Å². The first-order chi connectivity index (χ1) is 40.0. The van der Waals surface area contributed by atoms with Gasteiger partial charge in [0.25, 0.3) is 0 Å². The van der Waals surface area contributed by atoms with Gasteiger partial charge in [0.2, 0.25) is 5.91 Å². The molecule has 0 saturated heterocycles. The normalized spacial score (nSPS) is 12.5. The first-order valence-electron chi connectivity index (χ1n) is 37.4. The maximum Gasteiger partial charge on any atom is 0.305 e. The van der Waals surface area contributed by atoms with Crippen LogP contribution < -0.4 is 5.32 Å². The van der Waals surface area contributed by atoms with Gasteiger partial charge in [0.05, 0.1) is 25.4 Å². The molecule has 482 valence electrons. The standard InChI is InChI=1S/C75H147NO5/c1-3-5-7-9-11-13-15-17-19-21-23-28-32-35-39-43-47-51-55-59-63-67-73(78)72(71-77)76-74(79)68-64-60-56-52-48-44-40-36-33-29-26-24-25-27-30-34-38-42-46-50-54-58-62-66-70-81-75(80)69-65-61-57-53-49-45-41-37-31-22-20-18-16-14-12-10-8-6-4-2/h18,20,72-73,77-78H,3-17,19,21-71H2,1-2H3,(H,76,79)/b20-18-. The number of hydrogen-bond acceptors (Lipinski definition) is 5. The van der Waals surface area contributed by atoms with Crippen LogP contribution in [-0.2, 0) is 14.3 Å². The number of aliphatic hydroxyl groups is 2. The number of aliphatic hydroxyl groups excluding tert-OH is 2. The van der Waals surface area contributed by atoms with Crippen molar-refractivity contribution in [2.45, 2.75) is 443 Å². The molecule has 0 saturated carbocycles. The summed E-state index contributed by atoms with van der Waals surface area (Å²) in [6, 6.07) is -0.541. The Morgan fingerprint density at radius 3 is 0.877 bits per heavy atom. The smallest absolute Gasteiger partial charge is 0.305 e. The van der Waals surface area contributed by atoms with E-state index in [-0.39, 0.29) is 18.5 Å². The Hall–Kier alpha value is -1.40. The summed E-state index contributed by atoms with van der Waals surface area (Å²) in [6.07, 6.45) is 88.4. The molecule has 3 N–H and O–H groups in total. The van der Waals surface area contributed by atoms with Gasteiger partial charge in [0.15, 0.2) is 0 Å². The van der Waals surface area contributed by atoms with Crippen LogP contribution >= 0.6 is 0 Å². The lowest BCUT2D eigenvalue weighted by atomic mass is 10.0. The van der Waals surface area contributed by atoms with E-state index in [1.165, 1.54) is 360 Å². The highest BCUT2D eigenvalue weighted by Gasteiger charge is 2.20. The molecular weight excluding hydrogens is 995 g/mol. The van der Waals surface area contributed by atoms with E-state index >= 15 is 0 Å². The van der Waals surface area contributed by atoms with Crippen LogP contribution in [-0.4, -0.2) is 47.4 Å². The molecule has 81 heavy (non-hydrogen) atoms. The molecule has 0 radical (unpaired) electrons. The molecule has 0 bridgehead atoms. The van der Waals surface area contributed by atoms with Gasteiger partial charge < -0.3 is 20.3 Å². The van der Waals surface area contributed by atoms with Gasteiger partial charge >= 0.3 is 5.97 Å². The van der Waals surface area contributed by atoms with E-state index in [2.05, 4.69) is 31.3 Å². The number of carbonyl (C=O) groups is 2. The molecule has 0 fully saturated rings. The van der Waals surface area contributed by atoms with Crippen LogP contribution in [0.4, 0.5) is 0 Å². The Morgan fingerprint density at radius 1 is 0.333 bits per heavy atom. The van der Waals surface area contributed by atoms with Crippen molar-refractivity contribution in [2.75, 3.05) is 13.2 Å². The van der Waals surface area contributed by atoms with Crippen molar-refractivity contribution in [1.82, 2.24) is 5.32 Å². The molecule has 2 atom stereocenters. The highest BCUT2D eigenvalue weighted by Crippen LogP contribution is 2.20. The second-order valence-corrected chi connectivity index (χ2v) is 26.0. The molecule has 0 spiro atoms. The first kappa shape index (κ1) is 79.6. The summed E-state index contributed by atoms with van der Waals surface area (Å²) in [7, 11) is 0. The van der Waals surface area contributed by atoms with Crippen molar-refractivity contribution in [3.05, 3.63) is 12.2 Å². The molecule has 0 aliphatic heterocycles. The second kappa shape index (κ2) is 71.1. The molecule has 6 nitrogen and oxygen atoms in total. The topological polar surface area (TPSA) is 95.9 Å². The van der Waals surface area contributed by atoms with E-state index in [0.29, 0.717) is 25.9 Å². The highest BCUT2D eigenvalue weighted by molar-refractivity contribution is 5.76. The summed E-state index contributed by atoms with van der Waals surface area (Å²) in [5.74, 6) is -0.0120. The number of esters is 1. The molecule has 0 aliphatic carbocycles. The summed E-state index contributed by atoms with van der Waals surface area (Å²) >= 11 is 0. The Labute approximate surface area is 508 Å². The Kier molecular flexibility index (Phi) is 69.9. The maximum atomic E-state index is 12.6. The molecule has 0 rings (SSSR count). The van der Waals surface area contributed by atoms with E-state index in [9.17, 15) is 19.8 Å². The molecule has 6 heteroatoms. The van der Waals surface area contributed by atoms with E-state index < -0.39 is 12.1 Å². The van der Waals surface area contributed by atoms with Gasteiger partial charge in [-0.25, -0.2) is 0 Å². The van der Waals surface area contributed by atoms with Gasteiger partial charge in [-0.05, 0) is 51.4 Å². The van der Waals surface area contributed by atoms with Crippen molar-refractivity contribution in [2.24, 2.45) is 0 Å². The zero-order valence-corrected chi connectivity index (χ0v) is 55.3. The van der Waals surface area contributed by atoms with Gasteiger partial charge in [0, 0.05) is 12.8 Å². The van der Waals surface area contributed by atoms with E-state index in [1.54, 1.807) is 0 Å². The van der Waals surface area contributed by atoms with Crippen molar-refractivity contribution >= 4 is 11.9 Å². The molecule has 2 unspecified atom stereocenters. The summed E-state index contributed by atoms with van der Waals surface area (Å²) in [6.45, 7) is 5.00. The second-order valence-electron chi connectivity index (χ2n) is 26.0. The zero-order chi connectivity index (χ0) is 58.5. The van der Waals surface area contributed by atoms with E-state index in [4.69, 9.17) is 4.74 Å². The number of rotatable bonds is 71. The molecule has 0 heterocycles. The number of ether oxygens (including phenoxy) is 1. The molecular formula is C75H147NO5. The third kappa shape index (κ3) is 67.6.